The van der Waals surface area contributed by atoms with Crippen LogP contribution in [0.5, 0.6) is 0 Å². The summed E-state index contributed by atoms with van der Waals surface area (Å²) in [4.78, 5) is 20.8. The lowest BCUT2D eigenvalue weighted by atomic mass is 10.0. The number of nitrogens with zero attached hydrogens (tertiary/aromatic N) is 2. The van der Waals surface area contributed by atoms with E-state index in [1.165, 1.54) is 0 Å². The number of hydrogen-bond acceptors (Lipinski definition) is 5. The predicted octanol–water partition coefficient (Wildman–Crippen LogP) is 3.07. The van der Waals surface area contributed by atoms with E-state index in [0.717, 1.165) is 11.3 Å². The van der Waals surface area contributed by atoms with Crippen LogP contribution in [0.3, 0.4) is 0 Å². The Labute approximate surface area is 152 Å². The summed E-state index contributed by atoms with van der Waals surface area (Å²) in [5.41, 5.74) is 2.23. The first-order valence-corrected chi connectivity index (χ1v) is 8.36. The Hall–Kier alpha value is -3.25. The van der Waals surface area contributed by atoms with Crippen molar-refractivity contribution >= 4 is 17.4 Å². The fourth-order valence-electron chi connectivity index (χ4n) is 2.63. The zero-order valence-corrected chi connectivity index (χ0v) is 14.2. The lowest BCUT2D eigenvalue weighted by molar-refractivity contribution is 0.0930. The Bertz CT molecular complexity index is 841. The molecule has 0 fully saturated rings. The normalized spacial score (nSPS) is 11.6. The molecular formula is C20H20N4O2. The molecule has 1 aromatic heterocycles. The lowest BCUT2D eigenvalue weighted by Crippen LogP contribution is -2.29. The number of benzene rings is 2. The molecule has 3 aromatic rings. The van der Waals surface area contributed by atoms with Gasteiger partial charge in [0.2, 0.25) is 0 Å². The van der Waals surface area contributed by atoms with Gasteiger partial charge in [0.15, 0.2) is 0 Å². The Balaban J connectivity index is 1.73. The molecule has 3 rings (SSSR count). The van der Waals surface area contributed by atoms with Crippen LogP contribution in [0.4, 0.5) is 11.5 Å². The molecule has 1 heterocycles. The van der Waals surface area contributed by atoms with Gasteiger partial charge in [-0.1, -0.05) is 36.4 Å². The van der Waals surface area contributed by atoms with Crippen molar-refractivity contribution in [1.82, 2.24) is 15.3 Å². The van der Waals surface area contributed by atoms with Crippen LogP contribution in [0, 0.1) is 0 Å². The second-order valence-electron chi connectivity index (χ2n) is 5.75. The Morgan fingerprint density at radius 1 is 1.08 bits per heavy atom. The van der Waals surface area contributed by atoms with Gasteiger partial charge in [0.05, 0.1) is 12.2 Å². The number of aromatic nitrogens is 2. The number of aliphatic hydroxyl groups excluding tert-OH is 1. The highest BCUT2D eigenvalue weighted by atomic mass is 16.3. The highest BCUT2D eigenvalue weighted by Crippen LogP contribution is 2.19. The van der Waals surface area contributed by atoms with Gasteiger partial charge in [-0.05, 0) is 30.2 Å². The Morgan fingerprint density at radius 3 is 2.65 bits per heavy atom. The predicted molar refractivity (Wildman–Crippen MR) is 100 cm³/mol. The Kier molecular flexibility index (Phi) is 5.90. The van der Waals surface area contributed by atoms with Crippen molar-refractivity contribution in [2.24, 2.45) is 0 Å². The molecule has 0 aliphatic heterocycles. The number of anilines is 2. The summed E-state index contributed by atoms with van der Waals surface area (Å²) in [5, 5.41) is 15.4. The standard InChI is InChI=1S/C20H20N4O2/c25-12-9-18(15-5-2-1-3-6-15)24-20(26)16-7-4-8-17(13-16)23-19-14-21-10-11-22-19/h1-8,10-11,13-14,18,25H,9,12H2,(H,22,23)(H,24,26). The van der Waals surface area contributed by atoms with Crippen molar-refractivity contribution in [1.29, 1.82) is 0 Å². The van der Waals surface area contributed by atoms with Gasteiger partial charge in [-0.3, -0.25) is 9.78 Å². The number of carbonyl (C=O) groups is 1. The molecule has 0 saturated heterocycles. The third-order valence-corrected chi connectivity index (χ3v) is 3.89. The van der Waals surface area contributed by atoms with E-state index in [9.17, 15) is 9.90 Å². The molecule has 6 nitrogen and oxygen atoms in total. The van der Waals surface area contributed by atoms with Gasteiger partial charge in [0.1, 0.15) is 5.82 Å². The molecule has 132 valence electrons. The summed E-state index contributed by atoms with van der Waals surface area (Å²) in [5.74, 6) is 0.405. The SMILES string of the molecule is O=C(NC(CCO)c1ccccc1)c1cccc(Nc2cnccn2)c1. The zero-order valence-electron chi connectivity index (χ0n) is 14.2. The van der Waals surface area contributed by atoms with E-state index in [1.54, 1.807) is 36.8 Å². The van der Waals surface area contributed by atoms with E-state index in [0.29, 0.717) is 17.8 Å². The molecule has 0 aliphatic rings. The maximum atomic E-state index is 12.7. The van der Waals surface area contributed by atoms with Gasteiger partial charge >= 0.3 is 0 Å². The number of hydrogen-bond donors (Lipinski definition) is 3. The van der Waals surface area contributed by atoms with Crippen molar-refractivity contribution < 1.29 is 9.90 Å². The molecule has 3 N–H and O–H groups in total. The van der Waals surface area contributed by atoms with Crippen LogP contribution in [0.25, 0.3) is 0 Å². The largest absolute Gasteiger partial charge is 0.396 e. The summed E-state index contributed by atoms with van der Waals surface area (Å²) < 4.78 is 0. The smallest absolute Gasteiger partial charge is 0.251 e. The quantitative estimate of drug-likeness (QED) is 0.611. The minimum absolute atomic E-state index is 0.00584. The first-order valence-electron chi connectivity index (χ1n) is 8.36. The van der Waals surface area contributed by atoms with Crippen LogP contribution in [-0.4, -0.2) is 27.6 Å². The van der Waals surface area contributed by atoms with E-state index in [1.807, 2.05) is 36.4 Å². The molecule has 1 atom stereocenters. The van der Waals surface area contributed by atoms with Gasteiger partial charge < -0.3 is 15.7 Å². The second-order valence-corrected chi connectivity index (χ2v) is 5.75. The van der Waals surface area contributed by atoms with Gasteiger partial charge in [0.25, 0.3) is 5.91 Å². The van der Waals surface area contributed by atoms with Crippen LogP contribution in [0.1, 0.15) is 28.4 Å². The maximum absolute atomic E-state index is 12.7. The first-order chi connectivity index (χ1) is 12.8. The van der Waals surface area contributed by atoms with Crippen molar-refractivity contribution in [3.63, 3.8) is 0 Å². The van der Waals surface area contributed by atoms with E-state index >= 15 is 0 Å². The van der Waals surface area contributed by atoms with Crippen molar-refractivity contribution in [2.75, 3.05) is 11.9 Å². The summed E-state index contributed by atoms with van der Waals surface area (Å²) in [6, 6.07) is 16.5. The van der Waals surface area contributed by atoms with Crippen molar-refractivity contribution in [3.05, 3.63) is 84.3 Å². The molecule has 2 aromatic carbocycles. The fraction of sp³-hybridized carbons (Fsp3) is 0.150. The van der Waals surface area contributed by atoms with E-state index in [-0.39, 0.29) is 18.6 Å². The lowest BCUT2D eigenvalue weighted by Gasteiger charge is -2.18. The van der Waals surface area contributed by atoms with Crippen molar-refractivity contribution in [2.45, 2.75) is 12.5 Å². The third kappa shape index (κ3) is 4.64. The molecule has 0 spiro atoms. The van der Waals surface area contributed by atoms with Gasteiger partial charge in [-0.25, -0.2) is 4.98 Å². The third-order valence-electron chi connectivity index (χ3n) is 3.89. The van der Waals surface area contributed by atoms with Gasteiger partial charge in [0, 0.05) is 30.3 Å². The zero-order chi connectivity index (χ0) is 18.2. The highest BCUT2D eigenvalue weighted by molar-refractivity contribution is 5.95. The molecule has 0 aliphatic carbocycles. The highest BCUT2D eigenvalue weighted by Gasteiger charge is 2.15. The molecule has 26 heavy (non-hydrogen) atoms. The average molecular weight is 348 g/mol. The summed E-state index contributed by atoms with van der Waals surface area (Å²) >= 11 is 0. The minimum atomic E-state index is -0.245. The summed E-state index contributed by atoms with van der Waals surface area (Å²) in [6.07, 6.45) is 5.25. The number of amides is 1. The minimum Gasteiger partial charge on any atom is -0.396 e. The summed E-state index contributed by atoms with van der Waals surface area (Å²) in [7, 11) is 0. The number of nitrogens with one attached hydrogen (secondary N) is 2. The van der Waals surface area contributed by atoms with Gasteiger partial charge in [-0.15, -0.1) is 0 Å². The first kappa shape index (κ1) is 17.6. The molecule has 1 amide bonds. The van der Waals surface area contributed by atoms with Crippen LogP contribution in [0.2, 0.25) is 0 Å². The molecular weight excluding hydrogens is 328 g/mol. The van der Waals surface area contributed by atoms with Crippen molar-refractivity contribution in [3.8, 4) is 0 Å². The fourth-order valence-corrected chi connectivity index (χ4v) is 2.63. The average Bonchev–Trinajstić information content (AvgIpc) is 2.69. The molecule has 0 bridgehead atoms. The molecule has 0 saturated carbocycles. The number of carbonyl (C=O) groups excluding carboxylic acids is 1. The molecule has 1 unspecified atom stereocenters. The monoisotopic (exact) mass is 348 g/mol. The topological polar surface area (TPSA) is 87.1 Å². The molecule has 6 heteroatoms. The van der Waals surface area contributed by atoms with E-state index in [4.69, 9.17) is 0 Å². The van der Waals surface area contributed by atoms with Crippen LogP contribution >= 0.6 is 0 Å². The number of rotatable bonds is 7. The summed E-state index contributed by atoms with van der Waals surface area (Å²) in [6.45, 7) is -0.00584. The molecule has 0 radical (unpaired) electrons. The van der Waals surface area contributed by atoms with Crippen LogP contribution in [-0.2, 0) is 0 Å². The van der Waals surface area contributed by atoms with Crippen LogP contribution in [0.15, 0.2) is 73.2 Å². The second kappa shape index (κ2) is 8.73. The van der Waals surface area contributed by atoms with E-state index < -0.39 is 0 Å². The van der Waals surface area contributed by atoms with Gasteiger partial charge in [-0.2, -0.15) is 0 Å². The Morgan fingerprint density at radius 2 is 1.92 bits per heavy atom. The van der Waals surface area contributed by atoms with Crippen LogP contribution < -0.4 is 10.6 Å². The number of aliphatic hydroxyl groups is 1. The van der Waals surface area contributed by atoms with E-state index in [2.05, 4.69) is 20.6 Å². The maximum Gasteiger partial charge on any atom is 0.251 e.